The number of alkyl halides is 3. The van der Waals surface area contributed by atoms with Crippen LogP contribution in [0.3, 0.4) is 0 Å². The van der Waals surface area contributed by atoms with Gasteiger partial charge in [0.1, 0.15) is 11.9 Å². The zero-order valence-electron chi connectivity index (χ0n) is 20.5. The number of likely N-dealkylation sites (tertiary alicyclic amines) is 1. The number of nitrogens with zero attached hydrogens (tertiary/aromatic N) is 5. The quantitative estimate of drug-likeness (QED) is 0.348. The number of ether oxygens (including phenoxy) is 1. The summed E-state index contributed by atoms with van der Waals surface area (Å²) < 4.78 is 47.6. The summed E-state index contributed by atoms with van der Waals surface area (Å²) in [5.74, 6) is 2.36. The third-order valence-corrected chi connectivity index (χ3v) is 7.76. The van der Waals surface area contributed by atoms with Crippen molar-refractivity contribution in [2.45, 2.75) is 44.6 Å². The number of aryl methyl sites for hydroxylation is 1. The van der Waals surface area contributed by atoms with Crippen LogP contribution in [0.4, 0.5) is 13.2 Å². The lowest BCUT2D eigenvalue weighted by Gasteiger charge is -2.39. The van der Waals surface area contributed by atoms with Gasteiger partial charge in [0, 0.05) is 32.0 Å². The Kier molecular flexibility index (Phi) is 6.10. The van der Waals surface area contributed by atoms with Crippen LogP contribution in [0, 0.1) is 18.8 Å². The molecular weight excluding hydrogens is 479 g/mol. The normalized spacial score (nSPS) is 24.3. The van der Waals surface area contributed by atoms with E-state index < -0.39 is 11.7 Å². The summed E-state index contributed by atoms with van der Waals surface area (Å²) in [6.45, 7) is 4.48. The topological polar surface area (TPSA) is 56.1 Å². The summed E-state index contributed by atoms with van der Waals surface area (Å²) in [6, 6.07) is 13.8. The SMILES string of the molecule is Cc1nc2ccccc2n1[C@H]1C[C@H]2CN(Cc3ccc(C(F)(F)F)cc3)C[C@H]2C[C@@H]1Oc1cnccn1. The Hall–Kier alpha value is -3.46. The second-order valence-electron chi connectivity index (χ2n) is 10.2. The van der Waals surface area contributed by atoms with E-state index in [2.05, 4.69) is 25.5 Å². The van der Waals surface area contributed by atoms with Crippen molar-refractivity contribution in [1.29, 1.82) is 0 Å². The van der Waals surface area contributed by atoms with Gasteiger partial charge in [0.2, 0.25) is 5.88 Å². The van der Waals surface area contributed by atoms with E-state index in [0.29, 0.717) is 24.3 Å². The molecule has 0 bridgehead atoms. The number of fused-ring (bicyclic) bond motifs is 2. The fraction of sp³-hybridized carbons (Fsp3) is 0.393. The number of aromatic nitrogens is 4. The van der Waals surface area contributed by atoms with Crippen LogP contribution in [0.15, 0.2) is 67.1 Å². The summed E-state index contributed by atoms with van der Waals surface area (Å²) >= 11 is 0. The molecule has 0 N–H and O–H groups in total. The maximum Gasteiger partial charge on any atom is 0.416 e. The van der Waals surface area contributed by atoms with Gasteiger partial charge in [0.05, 0.1) is 28.8 Å². The molecule has 9 heteroatoms. The summed E-state index contributed by atoms with van der Waals surface area (Å²) in [4.78, 5) is 15.7. The fourth-order valence-corrected chi connectivity index (χ4v) is 6.16. The number of halogens is 3. The minimum absolute atomic E-state index is 0.0849. The molecule has 1 aliphatic heterocycles. The van der Waals surface area contributed by atoms with Crippen LogP contribution in [0.2, 0.25) is 0 Å². The second-order valence-corrected chi connectivity index (χ2v) is 10.2. The molecule has 4 atom stereocenters. The largest absolute Gasteiger partial charge is 0.471 e. The number of hydrogen-bond donors (Lipinski definition) is 0. The van der Waals surface area contributed by atoms with Gasteiger partial charge >= 0.3 is 6.18 Å². The van der Waals surface area contributed by atoms with Crippen molar-refractivity contribution in [2.75, 3.05) is 13.1 Å². The molecule has 37 heavy (non-hydrogen) atoms. The van der Waals surface area contributed by atoms with E-state index in [0.717, 1.165) is 48.4 Å². The summed E-state index contributed by atoms with van der Waals surface area (Å²) in [6.07, 6.45) is 2.29. The van der Waals surface area contributed by atoms with E-state index in [1.807, 2.05) is 25.1 Å². The third-order valence-electron chi connectivity index (χ3n) is 7.76. The Morgan fingerprint density at radius 3 is 2.46 bits per heavy atom. The predicted molar refractivity (Wildman–Crippen MR) is 133 cm³/mol. The third kappa shape index (κ3) is 4.80. The van der Waals surface area contributed by atoms with E-state index >= 15 is 0 Å². The highest BCUT2D eigenvalue weighted by atomic mass is 19.4. The van der Waals surface area contributed by atoms with Crippen molar-refractivity contribution in [2.24, 2.45) is 11.8 Å². The Balaban J connectivity index is 1.25. The van der Waals surface area contributed by atoms with Gasteiger partial charge in [-0.15, -0.1) is 0 Å². The first-order chi connectivity index (χ1) is 17.8. The maximum absolute atomic E-state index is 13.0. The fourth-order valence-electron chi connectivity index (χ4n) is 6.16. The van der Waals surface area contributed by atoms with Crippen molar-refractivity contribution in [3.05, 3.63) is 84.1 Å². The molecule has 2 aromatic heterocycles. The van der Waals surface area contributed by atoms with E-state index in [1.165, 1.54) is 12.1 Å². The molecule has 6 rings (SSSR count). The molecule has 0 radical (unpaired) electrons. The highest BCUT2D eigenvalue weighted by Crippen LogP contribution is 2.44. The molecule has 4 aromatic rings. The van der Waals surface area contributed by atoms with Gasteiger partial charge in [-0.25, -0.2) is 9.97 Å². The van der Waals surface area contributed by atoms with Crippen LogP contribution >= 0.6 is 0 Å². The minimum Gasteiger partial charge on any atom is -0.471 e. The molecule has 2 aromatic carbocycles. The van der Waals surface area contributed by atoms with Crippen LogP contribution in [0.25, 0.3) is 11.0 Å². The van der Waals surface area contributed by atoms with Crippen molar-refractivity contribution >= 4 is 11.0 Å². The first-order valence-electron chi connectivity index (χ1n) is 12.6. The lowest BCUT2D eigenvalue weighted by molar-refractivity contribution is -0.137. The summed E-state index contributed by atoms with van der Waals surface area (Å²) in [7, 11) is 0. The smallest absolute Gasteiger partial charge is 0.416 e. The van der Waals surface area contributed by atoms with Crippen molar-refractivity contribution < 1.29 is 17.9 Å². The molecule has 1 saturated heterocycles. The zero-order chi connectivity index (χ0) is 25.6. The van der Waals surface area contributed by atoms with Gasteiger partial charge in [0.15, 0.2) is 0 Å². The molecular formula is C28H28F3N5O. The highest BCUT2D eigenvalue weighted by molar-refractivity contribution is 5.76. The Bertz CT molecular complexity index is 1370. The molecule has 2 aliphatic rings. The molecule has 0 amide bonds. The zero-order valence-corrected chi connectivity index (χ0v) is 20.5. The molecule has 1 aliphatic carbocycles. The van der Waals surface area contributed by atoms with Crippen molar-refractivity contribution in [3.63, 3.8) is 0 Å². The van der Waals surface area contributed by atoms with Crippen LogP contribution in [0.1, 0.15) is 35.8 Å². The number of benzene rings is 2. The van der Waals surface area contributed by atoms with Gasteiger partial charge in [-0.05, 0) is 61.4 Å². The first-order valence-corrected chi connectivity index (χ1v) is 12.6. The molecule has 0 unspecified atom stereocenters. The Morgan fingerprint density at radius 1 is 0.973 bits per heavy atom. The second kappa shape index (κ2) is 9.45. The first kappa shape index (κ1) is 23.9. The summed E-state index contributed by atoms with van der Waals surface area (Å²) in [5, 5.41) is 0. The number of rotatable bonds is 5. The van der Waals surface area contributed by atoms with E-state index in [9.17, 15) is 13.2 Å². The van der Waals surface area contributed by atoms with Crippen LogP contribution in [-0.4, -0.2) is 43.6 Å². The minimum atomic E-state index is -4.32. The van der Waals surface area contributed by atoms with Gasteiger partial charge in [-0.3, -0.25) is 9.88 Å². The van der Waals surface area contributed by atoms with Crippen LogP contribution in [-0.2, 0) is 12.7 Å². The van der Waals surface area contributed by atoms with Gasteiger partial charge in [-0.2, -0.15) is 13.2 Å². The molecule has 3 heterocycles. The standard InChI is InChI=1S/C28H28F3N5O/c1-18-34-23-4-2-3-5-24(23)36(18)25-12-20-16-35(15-19-6-8-22(9-7-19)28(29,30)31)17-21(20)13-26(25)37-27-14-32-10-11-33-27/h2-11,14,20-21,25-26H,12-13,15-17H2,1H3/t20-,21+,25-,26-/m0/s1. The van der Waals surface area contributed by atoms with Crippen LogP contribution < -0.4 is 4.74 Å². The maximum atomic E-state index is 13.0. The van der Waals surface area contributed by atoms with Gasteiger partial charge in [0.25, 0.3) is 0 Å². The van der Waals surface area contributed by atoms with E-state index in [-0.39, 0.29) is 12.1 Å². The molecule has 1 saturated carbocycles. The number of para-hydroxylation sites is 2. The molecule has 2 fully saturated rings. The monoisotopic (exact) mass is 507 g/mol. The average Bonchev–Trinajstić information content (AvgIpc) is 3.42. The van der Waals surface area contributed by atoms with Gasteiger partial charge < -0.3 is 9.30 Å². The van der Waals surface area contributed by atoms with E-state index in [1.54, 1.807) is 30.7 Å². The van der Waals surface area contributed by atoms with Gasteiger partial charge in [-0.1, -0.05) is 24.3 Å². The Morgan fingerprint density at radius 2 is 1.73 bits per heavy atom. The van der Waals surface area contributed by atoms with Crippen molar-refractivity contribution in [1.82, 2.24) is 24.4 Å². The number of imidazole rings is 1. The molecule has 6 nitrogen and oxygen atoms in total. The molecule has 192 valence electrons. The Labute approximate surface area is 213 Å². The lowest BCUT2D eigenvalue weighted by atomic mass is 9.77. The van der Waals surface area contributed by atoms with Crippen LogP contribution in [0.5, 0.6) is 5.88 Å². The average molecular weight is 508 g/mol. The predicted octanol–water partition coefficient (Wildman–Crippen LogP) is 5.68. The summed E-state index contributed by atoms with van der Waals surface area (Å²) in [5.41, 5.74) is 2.35. The highest BCUT2D eigenvalue weighted by Gasteiger charge is 2.44. The number of hydrogen-bond acceptors (Lipinski definition) is 5. The molecule has 0 spiro atoms. The van der Waals surface area contributed by atoms with E-state index in [4.69, 9.17) is 9.72 Å². The van der Waals surface area contributed by atoms with Crippen molar-refractivity contribution in [3.8, 4) is 5.88 Å². The lowest BCUT2D eigenvalue weighted by Crippen LogP contribution is -2.40.